The quantitative estimate of drug-likeness (QED) is 0.809. The highest BCUT2D eigenvalue weighted by atomic mass is 19.4. The molecule has 0 spiro atoms. The van der Waals surface area contributed by atoms with Gasteiger partial charge in [-0.2, -0.15) is 13.2 Å². The predicted molar refractivity (Wildman–Crippen MR) is 93.1 cm³/mol. The highest BCUT2D eigenvalue weighted by Crippen LogP contribution is 2.36. The molecule has 0 bridgehead atoms. The fourth-order valence-corrected chi connectivity index (χ4v) is 3.57. The molecule has 3 rings (SSSR count). The highest BCUT2D eigenvalue weighted by Gasteiger charge is 2.31. The lowest BCUT2D eigenvalue weighted by atomic mass is 9.80. The van der Waals surface area contributed by atoms with Crippen LogP contribution in [0.4, 0.5) is 13.2 Å². The Hall–Kier alpha value is -2.65. The smallest absolute Gasteiger partial charge is 0.416 e. The standard InChI is InChI=1S/C18H22F3N5O2/c1-26-15(10-28-16-9-13(6-7-23-16)18(19,20)21)24-25-17(26)12-4-2-11(3-5-12)8-14(22)27/h6-7,9,11-12H,2-5,8,10H2,1H3,(H2,22,27). The van der Waals surface area contributed by atoms with Crippen molar-refractivity contribution in [2.45, 2.75) is 50.8 Å². The summed E-state index contributed by atoms with van der Waals surface area (Å²) in [5, 5.41) is 8.34. The molecule has 1 fully saturated rings. The summed E-state index contributed by atoms with van der Waals surface area (Å²) in [6.07, 6.45) is 0.604. The minimum atomic E-state index is -4.45. The van der Waals surface area contributed by atoms with Gasteiger partial charge in [-0.25, -0.2) is 4.98 Å². The van der Waals surface area contributed by atoms with E-state index >= 15 is 0 Å². The lowest BCUT2D eigenvalue weighted by Gasteiger charge is -2.27. The Morgan fingerprint density at radius 3 is 2.64 bits per heavy atom. The number of alkyl halides is 3. The zero-order valence-electron chi connectivity index (χ0n) is 15.4. The first kappa shape index (κ1) is 20.1. The second-order valence-electron chi connectivity index (χ2n) is 7.09. The molecule has 0 radical (unpaired) electrons. The number of hydrogen-bond donors (Lipinski definition) is 1. The molecule has 2 aromatic heterocycles. The van der Waals surface area contributed by atoms with Gasteiger partial charge in [-0.1, -0.05) is 0 Å². The van der Waals surface area contributed by atoms with Crippen LogP contribution in [0.25, 0.3) is 0 Å². The van der Waals surface area contributed by atoms with Gasteiger partial charge in [-0.05, 0) is 37.7 Å². The molecule has 2 aromatic rings. The molecule has 2 N–H and O–H groups in total. The van der Waals surface area contributed by atoms with Gasteiger partial charge in [0.1, 0.15) is 12.4 Å². The normalized spacial score (nSPS) is 20.1. The van der Waals surface area contributed by atoms with Crippen molar-refractivity contribution in [2.24, 2.45) is 18.7 Å². The summed E-state index contributed by atoms with van der Waals surface area (Å²) in [5.41, 5.74) is 4.45. The Bertz CT molecular complexity index is 829. The van der Waals surface area contributed by atoms with Gasteiger partial charge in [-0.15, -0.1) is 10.2 Å². The third-order valence-electron chi connectivity index (χ3n) is 5.11. The molecule has 1 amide bonds. The van der Waals surface area contributed by atoms with Gasteiger partial charge in [0, 0.05) is 31.6 Å². The number of halogens is 3. The molecule has 0 atom stereocenters. The summed E-state index contributed by atoms with van der Waals surface area (Å²) < 4.78 is 45.5. The average molecular weight is 397 g/mol. The van der Waals surface area contributed by atoms with Gasteiger partial charge < -0.3 is 15.0 Å². The summed E-state index contributed by atoms with van der Waals surface area (Å²) in [6.45, 7) is -0.0329. The minimum absolute atomic E-state index is 0.0329. The van der Waals surface area contributed by atoms with Crippen LogP contribution in [0.2, 0.25) is 0 Å². The van der Waals surface area contributed by atoms with Gasteiger partial charge in [-0.3, -0.25) is 4.79 Å². The predicted octanol–water partition coefficient (Wildman–Crippen LogP) is 2.96. The molecule has 1 saturated carbocycles. The zero-order valence-corrected chi connectivity index (χ0v) is 15.4. The number of aromatic nitrogens is 4. The van der Waals surface area contributed by atoms with Crippen molar-refractivity contribution in [1.29, 1.82) is 0 Å². The van der Waals surface area contributed by atoms with Crippen LogP contribution in [0, 0.1) is 5.92 Å². The molecule has 0 aliphatic heterocycles. The van der Waals surface area contributed by atoms with Crippen molar-refractivity contribution in [1.82, 2.24) is 19.7 Å². The topological polar surface area (TPSA) is 95.9 Å². The highest BCUT2D eigenvalue weighted by molar-refractivity contribution is 5.73. The maximum absolute atomic E-state index is 12.8. The monoisotopic (exact) mass is 397 g/mol. The molecule has 28 heavy (non-hydrogen) atoms. The molecule has 0 unspecified atom stereocenters. The first-order chi connectivity index (χ1) is 13.2. The third-order valence-corrected chi connectivity index (χ3v) is 5.11. The van der Waals surface area contributed by atoms with E-state index in [2.05, 4.69) is 15.2 Å². The Morgan fingerprint density at radius 2 is 2.00 bits per heavy atom. The molecule has 1 aliphatic rings. The van der Waals surface area contributed by atoms with Crippen LogP contribution in [0.5, 0.6) is 5.88 Å². The average Bonchev–Trinajstić information content (AvgIpc) is 3.00. The number of nitrogens with two attached hydrogens (primary N) is 1. The molecule has 0 aromatic carbocycles. The first-order valence-electron chi connectivity index (χ1n) is 9.06. The number of pyridine rings is 1. The maximum atomic E-state index is 12.8. The van der Waals surface area contributed by atoms with Crippen LogP contribution in [0.3, 0.4) is 0 Å². The minimum Gasteiger partial charge on any atom is -0.469 e. The maximum Gasteiger partial charge on any atom is 0.416 e. The number of carbonyl (C=O) groups is 1. The number of nitrogens with zero attached hydrogens (tertiary/aromatic N) is 4. The SMILES string of the molecule is Cn1c(COc2cc(C(F)(F)F)ccn2)nnc1C1CCC(CC(N)=O)CC1. The number of carbonyl (C=O) groups excluding carboxylic acids is 1. The van der Waals surface area contributed by atoms with Crippen LogP contribution in [0.1, 0.15) is 55.2 Å². The van der Waals surface area contributed by atoms with Crippen LogP contribution < -0.4 is 10.5 Å². The van der Waals surface area contributed by atoms with Crippen LogP contribution >= 0.6 is 0 Å². The Morgan fingerprint density at radius 1 is 1.29 bits per heavy atom. The van der Waals surface area contributed by atoms with Gasteiger partial charge >= 0.3 is 6.18 Å². The molecule has 0 saturated heterocycles. The fraction of sp³-hybridized carbons (Fsp3) is 0.556. The van der Waals surface area contributed by atoms with E-state index < -0.39 is 11.7 Å². The van der Waals surface area contributed by atoms with Crippen molar-refractivity contribution in [3.05, 3.63) is 35.5 Å². The third kappa shape index (κ3) is 4.79. The molecular formula is C18H22F3N5O2. The Labute approximate surface area is 160 Å². The van der Waals surface area contributed by atoms with Crippen molar-refractivity contribution in [2.75, 3.05) is 0 Å². The van der Waals surface area contributed by atoms with E-state index in [1.54, 1.807) is 0 Å². The number of ether oxygens (including phenoxy) is 1. The van der Waals surface area contributed by atoms with E-state index in [4.69, 9.17) is 10.5 Å². The van der Waals surface area contributed by atoms with E-state index in [9.17, 15) is 18.0 Å². The second kappa shape index (κ2) is 8.15. The van der Waals surface area contributed by atoms with E-state index in [-0.39, 0.29) is 24.3 Å². The lowest BCUT2D eigenvalue weighted by molar-refractivity contribution is -0.137. The molecule has 10 heteroatoms. The van der Waals surface area contributed by atoms with Crippen molar-refractivity contribution >= 4 is 5.91 Å². The summed E-state index contributed by atoms with van der Waals surface area (Å²) in [5.74, 6) is 1.47. The van der Waals surface area contributed by atoms with Gasteiger partial charge in [0.05, 0.1) is 5.56 Å². The van der Waals surface area contributed by atoms with Crippen molar-refractivity contribution in [3.63, 3.8) is 0 Å². The zero-order chi connectivity index (χ0) is 20.3. The first-order valence-corrected chi connectivity index (χ1v) is 9.06. The summed E-state index contributed by atoms with van der Waals surface area (Å²) in [4.78, 5) is 14.9. The molecule has 2 heterocycles. The molecule has 1 aliphatic carbocycles. The Kier molecular flexibility index (Phi) is 5.85. The van der Waals surface area contributed by atoms with E-state index in [0.717, 1.165) is 49.8 Å². The van der Waals surface area contributed by atoms with E-state index in [1.807, 2.05) is 11.6 Å². The number of hydrogen-bond acceptors (Lipinski definition) is 5. The van der Waals surface area contributed by atoms with Gasteiger partial charge in [0.25, 0.3) is 0 Å². The fourth-order valence-electron chi connectivity index (χ4n) is 3.57. The van der Waals surface area contributed by atoms with Crippen molar-refractivity contribution in [3.8, 4) is 5.88 Å². The number of primary amides is 1. The summed E-state index contributed by atoms with van der Waals surface area (Å²) in [7, 11) is 1.81. The molecule has 7 nitrogen and oxygen atoms in total. The largest absolute Gasteiger partial charge is 0.469 e. The van der Waals surface area contributed by atoms with E-state index in [1.165, 1.54) is 0 Å². The van der Waals surface area contributed by atoms with Gasteiger partial charge in [0.2, 0.25) is 11.8 Å². The second-order valence-corrected chi connectivity index (χ2v) is 7.09. The lowest BCUT2D eigenvalue weighted by Crippen LogP contribution is -2.21. The van der Waals surface area contributed by atoms with Crippen LogP contribution in [-0.2, 0) is 24.6 Å². The molecular weight excluding hydrogens is 375 g/mol. The number of amides is 1. The van der Waals surface area contributed by atoms with Crippen LogP contribution in [0.15, 0.2) is 18.3 Å². The summed E-state index contributed by atoms with van der Waals surface area (Å²) >= 11 is 0. The molecule has 152 valence electrons. The van der Waals surface area contributed by atoms with E-state index in [0.29, 0.717) is 18.2 Å². The summed E-state index contributed by atoms with van der Waals surface area (Å²) in [6, 6.07) is 1.75. The Balaban J connectivity index is 1.61. The number of rotatable bonds is 6. The van der Waals surface area contributed by atoms with Crippen LogP contribution in [-0.4, -0.2) is 25.7 Å². The van der Waals surface area contributed by atoms with Gasteiger partial charge in [0.15, 0.2) is 5.82 Å². The van der Waals surface area contributed by atoms with Crippen molar-refractivity contribution < 1.29 is 22.7 Å².